The predicted molar refractivity (Wildman–Crippen MR) is 125 cm³/mol. The molecule has 0 aliphatic heterocycles. The van der Waals surface area contributed by atoms with Crippen molar-refractivity contribution in [2.24, 2.45) is 5.10 Å². The van der Waals surface area contributed by atoms with Crippen molar-refractivity contribution in [3.63, 3.8) is 0 Å². The van der Waals surface area contributed by atoms with Crippen molar-refractivity contribution in [2.45, 2.75) is 13.8 Å². The van der Waals surface area contributed by atoms with E-state index >= 15 is 0 Å². The second-order valence-corrected chi connectivity index (χ2v) is 7.04. The van der Waals surface area contributed by atoms with Crippen LogP contribution in [0.4, 0.5) is 5.69 Å². The molecule has 8 heteroatoms. The fourth-order valence-electron chi connectivity index (χ4n) is 2.89. The first-order valence-corrected chi connectivity index (χ1v) is 10.1. The van der Waals surface area contributed by atoms with Gasteiger partial charge in [-0.25, -0.2) is 10.2 Å². The molecular formula is C25H23N3O5. The first kappa shape index (κ1) is 23.2. The van der Waals surface area contributed by atoms with E-state index in [9.17, 15) is 14.4 Å². The van der Waals surface area contributed by atoms with E-state index in [0.29, 0.717) is 22.7 Å². The van der Waals surface area contributed by atoms with E-state index in [1.807, 2.05) is 19.1 Å². The van der Waals surface area contributed by atoms with Crippen molar-refractivity contribution < 1.29 is 23.9 Å². The van der Waals surface area contributed by atoms with Gasteiger partial charge in [-0.05, 0) is 50.2 Å². The van der Waals surface area contributed by atoms with Gasteiger partial charge in [0.1, 0.15) is 17.1 Å². The van der Waals surface area contributed by atoms with Gasteiger partial charge in [0.25, 0.3) is 0 Å². The number of hydrogen-bond donors (Lipinski definition) is 2. The smallest absolute Gasteiger partial charge is 0.347 e. The lowest BCUT2D eigenvalue weighted by atomic mass is 10.1. The van der Waals surface area contributed by atoms with Gasteiger partial charge < -0.3 is 14.8 Å². The number of para-hydroxylation sites is 2. The first-order valence-electron chi connectivity index (χ1n) is 10.1. The maximum absolute atomic E-state index is 12.7. The number of esters is 1. The lowest BCUT2D eigenvalue weighted by Crippen LogP contribution is -2.33. The number of rotatable bonds is 6. The van der Waals surface area contributed by atoms with Gasteiger partial charge in [-0.2, -0.15) is 5.10 Å². The zero-order valence-corrected chi connectivity index (χ0v) is 18.4. The molecule has 0 radical (unpaired) electrons. The summed E-state index contributed by atoms with van der Waals surface area (Å²) in [6.07, 6.45) is 0. The molecule has 168 valence electrons. The van der Waals surface area contributed by atoms with Crippen LogP contribution in [-0.2, 0) is 9.59 Å². The molecular weight excluding hydrogens is 422 g/mol. The molecule has 0 unspecified atom stereocenters. The third-order valence-corrected chi connectivity index (χ3v) is 4.65. The van der Waals surface area contributed by atoms with E-state index in [4.69, 9.17) is 9.47 Å². The van der Waals surface area contributed by atoms with E-state index in [0.717, 1.165) is 5.56 Å². The highest BCUT2D eigenvalue weighted by atomic mass is 16.5. The van der Waals surface area contributed by atoms with E-state index in [2.05, 4.69) is 15.8 Å². The Bertz CT molecular complexity index is 1200. The van der Waals surface area contributed by atoms with Gasteiger partial charge in [0.2, 0.25) is 0 Å². The Kier molecular flexibility index (Phi) is 7.54. The molecule has 2 amide bonds. The van der Waals surface area contributed by atoms with Crippen LogP contribution in [0.5, 0.6) is 11.5 Å². The predicted octanol–water partition coefficient (Wildman–Crippen LogP) is 3.70. The summed E-state index contributed by atoms with van der Waals surface area (Å²) in [4.78, 5) is 36.9. The SMILES string of the molecule is COc1ccccc1C(=O)Oc1ccccc1/C(C)=N/NC(=O)C(=O)Nc1ccc(C)cc1. The average molecular weight is 445 g/mol. The first-order chi connectivity index (χ1) is 15.9. The molecule has 0 fully saturated rings. The second kappa shape index (κ2) is 10.7. The third kappa shape index (κ3) is 6.04. The normalized spacial score (nSPS) is 10.8. The Morgan fingerprint density at radius 1 is 0.788 bits per heavy atom. The van der Waals surface area contributed by atoms with Gasteiger partial charge in [0.15, 0.2) is 0 Å². The number of aryl methyl sites for hydroxylation is 1. The minimum Gasteiger partial charge on any atom is -0.496 e. The van der Waals surface area contributed by atoms with Crippen molar-refractivity contribution in [2.75, 3.05) is 12.4 Å². The van der Waals surface area contributed by atoms with Crippen molar-refractivity contribution in [1.82, 2.24) is 5.43 Å². The van der Waals surface area contributed by atoms with Crippen LogP contribution in [0.3, 0.4) is 0 Å². The number of carbonyl (C=O) groups is 3. The molecule has 0 saturated heterocycles. The molecule has 0 aromatic heterocycles. The molecule has 3 aromatic carbocycles. The zero-order chi connectivity index (χ0) is 23.8. The zero-order valence-electron chi connectivity index (χ0n) is 18.4. The largest absolute Gasteiger partial charge is 0.496 e. The molecule has 3 rings (SSSR count). The summed E-state index contributed by atoms with van der Waals surface area (Å²) in [5, 5.41) is 6.48. The number of nitrogens with zero attached hydrogens (tertiary/aromatic N) is 1. The van der Waals surface area contributed by atoms with Crippen molar-refractivity contribution in [1.29, 1.82) is 0 Å². The van der Waals surface area contributed by atoms with E-state index in [1.54, 1.807) is 67.6 Å². The Morgan fingerprint density at radius 3 is 2.06 bits per heavy atom. The van der Waals surface area contributed by atoms with Crippen LogP contribution in [-0.4, -0.2) is 30.6 Å². The maximum atomic E-state index is 12.7. The average Bonchev–Trinajstić information content (AvgIpc) is 2.83. The van der Waals surface area contributed by atoms with E-state index < -0.39 is 17.8 Å². The van der Waals surface area contributed by atoms with Crippen LogP contribution in [0.25, 0.3) is 0 Å². The van der Waals surface area contributed by atoms with Crippen molar-refractivity contribution in [3.8, 4) is 11.5 Å². The number of methoxy groups -OCH3 is 1. The van der Waals surface area contributed by atoms with Gasteiger partial charge in [-0.3, -0.25) is 9.59 Å². The molecule has 0 saturated carbocycles. The summed E-state index contributed by atoms with van der Waals surface area (Å²) in [7, 11) is 1.47. The molecule has 2 N–H and O–H groups in total. The Morgan fingerprint density at radius 2 is 1.39 bits per heavy atom. The number of hydrazone groups is 1. The van der Waals surface area contributed by atoms with Crippen LogP contribution in [0.15, 0.2) is 77.9 Å². The summed E-state index contributed by atoms with van der Waals surface area (Å²) in [6, 6.07) is 20.5. The van der Waals surface area contributed by atoms with Gasteiger partial charge in [0.05, 0.1) is 12.8 Å². The summed E-state index contributed by atoms with van der Waals surface area (Å²) in [5.74, 6) is -1.76. The Balaban J connectivity index is 1.70. The van der Waals surface area contributed by atoms with Gasteiger partial charge in [-0.15, -0.1) is 0 Å². The molecule has 0 heterocycles. The van der Waals surface area contributed by atoms with Crippen LogP contribution < -0.4 is 20.2 Å². The molecule has 0 aliphatic carbocycles. The molecule has 3 aromatic rings. The summed E-state index contributed by atoms with van der Waals surface area (Å²) < 4.78 is 10.8. The quantitative estimate of drug-likeness (QED) is 0.198. The minimum atomic E-state index is -0.932. The molecule has 33 heavy (non-hydrogen) atoms. The second-order valence-electron chi connectivity index (χ2n) is 7.04. The lowest BCUT2D eigenvalue weighted by Gasteiger charge is -2.11. The van der Waals surface area contributed by atoms with Crippen molar-refractivity contribution in [3.05, 3.63) is 89.5 Å². The van der Waals surface area contributed by atoms with Gasteiger partial charge in [0, 0.05) is 11.3 Å². The molecule has 0 bridgehead atoms. The number of anilines is 1. The number of carbonyl (C=O) groups excluding carboxylic acids is 3. The van der Waals surface area contributed by atoms with Gasteiger partial charge in [-0.1, -0.05) is 42.0 Å². The number of nitrogens with one attached hydrogen (secondary N) is 2. The minimum absolute atomic E-state index is 0.244. The molecule has 0 atom stereocenters. The summed E-state index contributed by atoms with van der Waals surface area (Å²) in [5.41, 5.74) is 4.83. The highest BCUT2D eigenvalue weighted by Crippen LogP contribution is 2.23. The number of ether oxygens (including phenoxy) is 2. The van der Waals surface area contributed by atoms with Crippen LogP contribution in [0.1, 0.15) is 28.4 Å². The number of hydrogen-bond acceptors (Lipinski definition) is 6. The van der Waals surface area contributed by atoms with Crippen LogP contribution in [0.2, 0.25) is 0 Å². The highest BCUT2D eigenvalue weighted by Gasteiger charge is 2.17. The third-order valence-electron chi connectivity index (χ3n) is 4.65. The van der Waals surface area contributed by atoms with Crippen LogP contribution >= 0.6 is 0 Å². The lowest BCUT2D eigenvalue weighted by molar-refractivity contribution is -0.136. The fraction of sp³-hybridized carbons (Fsp3) is 0.120. The summed E-state index contributed by atoms with van der Waals surface area (Å²) in [6.45, 7) is 3.54. The van der Waals surface area contributed by atoms with Crippen LogP contribution in [0, 0.1) is 6.92 Å². The monoisotopic (exact) mass is 445 g/mol. The number of benzene rings is 3. The maximum Gasteiger partial charge on any atom is 0.347 e. The standard InChI is InChI=1S/C25H23N3O5/c1-16-12-14-18(15-13-16)26-23(29)24(30)28-27-17(2)19-8-4-7-11-22(19)33-25(31)20-9-5-6-10-21(20)32-3/h4-15H,1-3H3,(H,26,29)(H,28,30)/b27-17+. The highest BCUT2D eigenvalue weighted by molar-refractivity contribution is 6.39. The number of amides is 2. The van der Waals surface area contributed by atoms with E-state index in [1.165, 1.54) is 7.11 Å². The summed E-state index contributed by atoms with van der Waals surface area (Å²) >= 11 is 0. The molecule has 8 nitrogen and oxygen atoms in total. The molecule has 0 spiro atoms. The Labute approximate surface area is 191 Å². The van der Waals surface area contributed by atoms with Gasteiger partial charge >= 0.3 is 17.8 Å². The topological polar surface area (TPSA) is 106 Å². The fourth-order valence-corrected chi connectivity index (χ4v) is 2.89. The van der Waals surface area contributed by atoms with Crippen molar-refractivity contribution >= 4 is 29.2 Å². The Hall–Kier alpha value is -4.46. The molecule has 0 aliphatic rings. The van der Waals surface area contributed by atoms with E-state index in [-0.39, 0.29) is 11.3 Å².